The van der Waals surface area contributed by atoms with Gasteiger partial charge in [-0.05, 0) is 43.7 Å². The summed E-state index contributed by atoms with van der Waals surface area (Å²) in [6.07, 6.45) is 0. The molecule has 0 aromatic heterocycles. The zero-order valence-corrected chi connectivity index (χ0v) is 15.0. The average Bonchev–Trinajstić information content (AvgIpc) is 2.61. The number of carbonyl (C=O) groups is 2. The summed E-state index contributed by atoms with van der Waals surface area (Å²) in [5, 5.41) is 6.55. The molecule has 0 aliphatic heterocycles. The maximum atomic E-state index is 12.2. The van der Waals surface area contributed by atoms with Crippen molar-refractivity contribution in [1.29, 1.82) is 0 Å². The third kappa shape index (κ3) is 5.59. The van der Waals surface area contributed by atoms with Crippen molar-refractivity contribution in [1.82, 2.24) is 5.32 Å². The van der Waals surface area contributed by atoms with Crippen molar-refractivity contribution in [2.45, 2.75) is 19.9 Å². The number of nitrogens with one attached hydrogen (secondary N) is 2. The van der Waals surface area contributed by atoms with Gasteiger partial charge in [0.05, 0.1) is 24.4 Å². The van der Waals surface area contributed by atoms with E-state index in [0.717, 1.165) is 5.56 Å². The highest BCUT2D eigenvalue weighted by Gasteiger charge is 2.14. The second kappa shape index (κ2) is 9.20. The van der Waals surface area contributed by atoms with Crippen LogP contribution in [0.15, 0.2) is 48.5 Å². The highest BCUT2D eigenvalue weighted by Crippen LogP contribution is 2.17. The normalized spacial score (nSPS) is 11.6. The maximum absolute atomic E-state index is 12.2. The summed E-state index contributed by atoms with van der Waals surface area (Å²) in [4.78, 5) is 24.1. The van der Waals surface area contributed by atoms with Crippen LogP contribution in [0.2, 0.25) is 5.02 Å². The van der Waals surface area contributed by atoms with Crippen molar-refractivity contribution < 1.29 is 14.3 Å². The number of amides is 1. The van der Waals surface area contributed by atoms with Gasteiger partial charge in [0, 0.05) is 11.1 Å². The fourth-order valence-corrected chi connectivity index (χ4v) is 2.41. The second-order valence-electron chi connectivity index (χ2n) is 5.47. The first-order valence-electron chi connectivity index (χ1n) is 8.06. The Hall–Kier alpha value is -2.37. The van der Waals surface area contributed by atoms with Crippen LogP contribution < -0.4 is 10.6 Å². The first kappa shape index (κ1) is 19.0. The van der Waals surface area contributed by atoms with Crippen molar-refractivity contribution >= 4 is 29.2 Å². The predicted octanol–water partition coefficient (Wildman–Crippen LogP) is 3.81. The standard InChI is InChI=1S/C19H21ClN2O3/c1-3-25-19(24)16-6-4-5-7-17(16)22-18(23)12-21-13(2)14-8-10-15(20)11-9-14/h4-11,13,21H,3,12H2,1-2H3,(H,22,23)/t13-/m1/s1. The van der Waals surface area contributed by atoms with Crippen molar-refractivity contribution in [2.24, 2.45) is 0 Å². The summed E-state index contributed by atoms with van der Waals surface area (Å²) >= 11 is 5.87. The molecule has 0 saturated carbocycles. The van der Waals surface area contributed by atoms with Crippen LogP contribution >= 0.6 is 11.6 Å². The van der Waals surface area contributed by atoms with Gasteiger partial charge in [0.1, 0.15) is 0 Å². The van der Waals surface area contributed by atoms with Gasteiger partial charge >= 0.3 is 5.97 Å². The molecule has 0 saturated heterocycles. The smallest absolute Gasteiger partial charge is 0.340 e. The number of ether oxygens (including phenoxy) is 1. The lowest BCUT2D eigenvalue weighted by Crippen LogP contribution is -2.30. The first-order chi connectivity index (χ1) is 12.0. The highest BCUT2D eigenvalue weighted by atomic mass is 35.5. The third-order valence-corrected chi connectivity index (χ3v) is 3.89. The Morgan fingerprint density at radius 2 is 1.80 bits per heavy atom. The molecule has 0 heterocycles. The molecular formula is C19H21ClN2O3. The lowest BCUT2D eigenvalue weighted by atomic mass is 10.1. The van der Waals surface area contributed by atoms with Crippen LogP contribution in [0.3, 0.4) is 0 Å². The molecule has 0 spiro atoms. The van der Waals surface area contributed by atoms with E-state index in [9.17, 15) is 9.59 Å². The zero-order chi connectivity index (χ0) is 18.2. The molecule has 0 aliphatic carbocycles. The molecular weight excluding hydrogens is 340 g/mol. The second-order valence-corrected chi connectivity index (χ2v) is 5.90. The number of anilines is 1. The van der Waals surface area contributed by atoms with Gasteiger partial charge in [-0.15, -0.1) is 0 Å². The predicted molar refractivity (Wildman–Crippen MR) is 98.9 cm³/mol. The van der Waals surface area contributed by atoms with E-state index in [1.54, 1.807) is 31.2 Å². The maximum Gasteiger partial charge on any atom is 0.340 e. The van der Waals surface area contributed by atoms with Crippen LogP contribution in [-0.2, 0) is 9.53 Å². The van der Waals surface area contributed by atoms with Gasteiger partial charge in [-0.25, -0.2) is 4.79 Å². The molecule has 0 fully saturated rings. The highest BCUT2D eigenvalue weighted by molar-refractivity contribution is 6.30. The van der Waals surface area contributed by atoms with Crippen LogP contribution in [0, 0.1) is 0 Å². The van der Waals surface area contributed by atoms with Gasteiger partial charge in [-0.3, -0.25) is 4.79 Å². The van der Waals surface area contributed by atoms with Crippen LogP contribution in [0.25, 0.3) is 0 Å². The topological polar surface area (TPSA) is 67.4 Å². The SMILES string of the molecule is CCOC(=O)c1ccccc1NC(=O)CN[C@H](C)c1ccc(Cl)cc1. The zero-order valence-electron chi connectivity index (χ0n) is 14.2. The number of carbonyl (C=O) groups excluding carboxylic acids is 2. The van der Waals surface area contributed by atoms with E-state index >= 15 is 0 Å². The minimum Gasteiger partial charge on any atom is -0.462 e. The molecule has 2 aromatic carbocycles. The van der Waals surface area contributed by atoms with E-state index in [-0.39, 0.29) is 25.1 Å². The van der Waals surface area contributed by atoms with Crippen LogP contribution in [0.5, 0.6) is 0 Å². The van der Waals surface area contributed by atoms with Gasteiger partial charge < -0.3 is 15.4 Å². The number of rotatable bonds is 7. The van der Waals surface area contributed by atoms with E-state index in [1.165, 1.54) is 0 Å². The van der Waals surface area contributed by atoms with Crippen molar-refractivity contribution in [3.63, 3.8) is 0 Å². The van der Waals surface area contributed by atoms with E-state index in [4.69, 9.17) is 16.3 Å². The average molecular weight is 361 g/mol. The minimum atomic E-state index is -0.458. The molecule has 2 N–H and O–H groups in total. The van der Waals surface area contributed by atoms with Crippen LogP contribution in [0.4, 0.5) is 5.69 Å². The summed E-state index contributed by atoms with van der Waals surface area (Å²) in [6.45, 7) is 4.09. The fourth-order valence-electron chi connectivity index (χ4n) is 2.29. The van der Waals surface area contributed by atoms with Crippen molar-refractivity contribution in [3.05, 3.63) is 64.7 Å². The molecule has 5 nitrogen and oxygen atoms in total. The van der Waals surface area contributed by atoms with Crippen molar-refractivity contribution in [3.8, 4) is 0 Å². The van der Waals surface area contributed by atoms with Crippen molar-refractivity contribution in [2.75, 3.05) is 18.5 Å². The molecule has 1 atom stereocenters. The molecule has 2 rings (SSSR count). The summed E-state index contributed by atoms with van der Waals surface area (Å²) in [5.74, 6) is -0.696. The molecule has 2 aromatic rings. The molecule has 0 radical (unpaired) electrons. The lowest BCUT2D eigenvalue weighted by Gasteiger charge is -2.15. The monoisotopic (exact) mass is 360 g/mol. The third-order valence-electron chi connectivity index (χ3n) is 3.64. The summed E-state index contributed by atoms with van der Waals surface area (Å²) in [6, 6.07) is 14.2. The molecule has 132 valence electrons. The Balaban J connectivity index is 1.94. The molecule has 0 unspecified atom stereocenters. The molecule has 6 heteroatoms. The Labute approximate surface area is 152 Å². The lowest BCUT2D eigenvalue weighted by molar-refractivity contribution is -0.115. The number of para-hydroxylation sites is 1. The molecule has 1 amide bonds. The van der Waals surface area contributed by atoms with Gasteiger partial charge in [-0.2, -0.15) is 0 Å². The number of esters is 1. The largest absolute Gasteiger partial charge is 0.462 e. The van der Waals surface area contributed by atoms with E-state index in [0.29, 0.717) is 16.3 Å². The quantitative estimate of drug-likeness (QED) is 0.737. The van der Waals surface area contributed by atoms with E-state index in [2.05, 4.69) is 10.6 Å². The number of hydrogen-bond acceptors (Lipinski definition) is 4. The van der Waals surface area contributed by atoms with Gasteiger partial charge in [0.25, 0.3) is 0 Å². The molecule has 0 bridgehead atoms. The summed E-state index contributed by atoms with van der Waals surface area (Å²) in [7, 11) is 0. The minimum absolute atomic E-state index is 0.0108. The van der Waals surface area contributed by atoms with Gasteiger partial charge in [0.2, 0.25) is 5.91 Å². The Bertz CT molecular complexity index is 732. The van der Waals surface area contributed by atoms with Crippen LogP contribution in [0.1, 0.15) is 35.8 Å². The number of halogens is 1. The Kier molecular flexibility index (Phi) is 6.98. The number of hydrogen-bond donors (Lipinski definition) is 2. The summed E-state index contributed by atoms with van der Waals surface area (Å²) in [5.41, 5.74) is 1.81. The van der Waals surface area contributed by atoms with E-state index < -0.39 is 5.97 Å². The van der Waals surface area contributed by atoms with Crippen LogP contribution in [-0.4, -0.2) is 25.0 Å². The molecule has 0 aliphatic rings. The van der Waals surface area contributed by atoms with Gasteiger partial charge in [-0.1, -0.05) is 35.9 Å². The first-order valence-corrected chi connectivity index (χ1v) is 8.44. The van der Waals surface area contributed by atoms with E-state index in [1.807, 2.05) is 31.2 Å². The number of benzene rings is 2. The fraction of sp³-hybridized carbons (Fsp3) is 0.263. The Morgan fingerprint density at radius 1 is 1.12 bits per heavy atom. The van der Waals surface area contributed by atoms with Gasteiger partial charge in [0.15, 0.2) is 0 Å². The summed E-state index contributed by atoms with van der Waals surface area (Å²) < 4.78 is 5.00. The Morgan fingerprint density at radius 3 is 2.48 bits per heavy atom. The molecule has 25 heavy (non-hydrogen) atoms.